The Morgan fingerprint density at radius 2 is 1.70 bits per heavy atom. The van der Waals surface area contributed by atoms with Crippen LogP contribution in [0.4, 0.5) is 24.9 Å². The number of nitrogens with one attached hydrogen (secondary N) is 1. The number of hydrogen-bond acceptors (Lipinski definition) is 6. The first-order valence-corrected chi connectivity index (χ1v) is 10.4. The highest BCUT2D eigenvalue weighted by molar-refractivity contribution is 5.43. The monoisotopic (exact) mass is 421 g/mol. The van der Waals surface area contributed by atoms with Crippen LogP contribution in [0.1, 0.15) is 31.2 Å². The summed E-state index contributed by atoms with van der Waals surface area (Å²) in [5.41, 5.74) is 0.947. The van der Waals surface area contributed by atoms with E-state index in [4.69, 9.17) is 0 Å². The molecule has 0 atom stereocenters. The Bertz CT molecular complexity index is 816. The summed E-state index contributed by atoms with van der Waals surface area (Å²) in [6.07, 6.45) is 2.10. The highest BCUT2D eigenvalue weighted by atomic mass is 19.4. The van der Waals surface area contributed by atoms with E-state index in [0.29, 0.717) is 12.5 Å². The fourth-order valence-corrected chi connectivity index (χ4v) is 3.92. The Balaban J connectivity index is 1.25. The third-order valence-corrected chi connectivity index (χ3v) is 5.42. The molecule has 0 saturated carbocycles. The smallest absolute Gasteiger partial charge is 0.406 e. The number of hydrogen-bond donors (Lipinski definition) is 1. The summed E-state index contributed by atoms with van der Waals surface area (Å²) >= 11 is 0. The Hall–Kier alpha value is -2.55. The zero-order chi connectivity index (χ0) is 21.0. The molecule has 2 aromatic rings. The first-order chi connectivity index (χ1) is 14.4. The topological polar surface area (TPSA) is 53.5 Å². The lowest BCUT2D eigenvalue weighted by molar-refractivity contribution is -0.274. The van der Waals surface area contributed by atoms with E-state index in [1.807, 2.05) is 6.07 Å². The van der Waals surface area contributed by atoms with Gasteiger partial charge in [0.1, 0.15) is 11.6 Å². The average Bonchev–Trinajstić information content (AvgIpc) is 2.96. The Morgan fingerprint density at radius 3 is 2.37 bits per heavy atom. The molecule has 0 radical (unpaired) electrons. The number of anilines is 2. The summed E-state index contributed by atoms with van der Waals surface area (Å²) < 4.78 is 40.6. The van der Waals surface area contributed by atoms with Gasteiger partial charge in [0.15, 0.2) is 0 Å². The maximum absolute atomic E-state index is 12.2. The number of ether oxygens (including phenoxy) is 1. The van der Waals surface area contributed by atoms with Crippen molar-refractivity contribution in [1.82, 2.24) is 14.9 Å². The molecule has 9 heteroatoms. The third kappa shape index (κ3) is 5.75. The normalized spacial score (nSPS) is 18.6. The van der Waals surface area contributed by atoms with Gasteiger partial charge in [-0.25, -0.2) is 4.98 Å². The number of rotatable bonds is 6. The molecule has 2 aliphatic heterocycles. The van der Waals surface area contributed by atoms with Crippen LogP contribution < -0.4 is 15.0 Å². The number of nitrogens with zero attached hydrogens (tertiary/aromatic N) is 4. The SMILES string of the molecule is FC(F)(F)Oc1ccc(CN2CC(Nc3nccc(N4CCCCCC4)n3)C2)cc1. The van der Waals surface area contributed by atoms with E-state index in [9.17, 15) is 13.2 Å². The fraction of sp³-hybridized carbons (Fsp3) is 0.524. The molecule has 1 aromatic heterocycles. The molecule has 0 spiro atoms. The van der Waals surface area contributed by atoms with Gasteiger partial charge in [-0.05, 0) is 36.6 Å². The Labute approximate surface area is 174 Å². The van der Waals surface area contributed by atoms with Crippen molar-refractivity contribution in [2.75, 3.05) is 36.4 Å². The van der Waals surface area contributed by atoms with Crippen molar-refractivity contribution in [2.24, 2.45) is 0 Å². The van der Waals surface area contributed by atoms with Crippen molar-refractivity contribution >= 4 is 11.8 Å². The van der Waals surface area contributed by atoms with Gasteiger partial charge in [-0.3, -0.25) is 4.90 Å². The van der Waals surface area contributed by atoms with Crippen molar-refractivity contribution in [1.29, 1.82) is 0 Å². The summed E-state index contributed by atoms with van der Waals surface area (Å²) in [6, 6.07) is 8.25. The molecule has 0 aliphatic carbocycles. The summed E-state index contributed by atoms with van der Waals surface area (Å²) in [4.78, 5) is 13.6. The zero-order valence-electron chi connectivity index (χ0n) is 16.7. The highest BCUT2D eigenvalue weighted by Crippen LogP contribution is 2.24. The van der Waals surface area contributed by atoms with Gasteiger partial charge in [-0.1, -0.05) is 25.0 Å². The summed E-state index contributed by atoms with van der Waals surface area (Å²) in [5.74, 6) is 1.43. The van der Waals surface area contributed by atoms with Crippen molar-refractivity contribution in [2.45, 2.75) is 44.6 Å². The van der Waals surface area contributed by atoms with E-state index in [1.165, 1.54) is 37.8 Å². The molecular formula is C21H26F3N5O. The van der Waals surface area contributed by atoms with Gasteiger partial charge in [0.2, 0.25) is 5.95 Å². The van der Waals surface area contributed by atoms with Crippen LogP contribution in [-0.4, -0.2) is 53.5 Å². The Morgan fingerprint density at radius 1 is 1.00 bits per heavy atom. The van der Waals surface area contributed by atoms with E-state index >= 15 is 0 Å². The van der Waals surface area contributed by atoms with Crippen LogP contribution in [0.15, 0.2) is 36.5 Å². The molecule has 2 saturated heterocycles. The molecule has 0 unspecified atom stereocenters. The first-order valence-electron chi connectivity index (χ1n) is 10.4. The predicted octanol–water partition coefficient (Wildman–Crippen LogP) is 4.05. The largest absolute Gasteiger partial charge is 0.573 e. The molecule has 0 amide bonds. The molecule has 30 heavy (non-hydrogen) atoms. The van der Waals surface area contributed by atoms with Crippen LogP contribution in [0.2, 0.25) is 0 Å². The fourth-order valence-electron chi connectivity index (χ4n) is 3.92. The lowest BCUT2D eigenvalue weighted by Crippen LogP contribution is -2.54. The second-order valence-corrected chi connectivity index (χ2v) is 7.87. The predicted molar refractivity (Wildman–Crippen MR) is 109 cm³/mol. The van der Waals surface area contributed by atoms with E-state index in [0.717, 1.165) is 37.6 Å². The maximum atomic E-state index is 12.2. The van der Waals surface area contributed by atoms with Gasteiger partial charge in [0, 0.05) is 38.9 Å². The molecule has 2 fully saturated rings. The number of aromatic nitrogens is 2. The number of benzene rings is 1. The van der Waals surface area contributed by atoms with Gasteiger partial charge >= 0.3 is 6.36 Å². The van der Waals surface area contributed by atoms with Gasteiger partial charge in [-0.15, -0.1) is 13.2 Å². The van der Waals surface area contributed by atoms with Gasteiger partial charge in [-0.2, -0.15) is 4.98 Å². The molecule has 3 heterocycles. The molecule has 0 bridgehead atoms. The van der Waals surface area contributed by atoms with Gasteiger partial charge in [0.05, 0.1) is 6.04 Å². The number of likely N-dealkylation sites (tertiary alicyclic amines) is 1. The van der Waals surface area contributed by atoms with Gasteiger partial charge in [0.25, 0.3) is 0 Å². The van der Waals surface area contributed by atoms with E-state index in [1.54, 1.807) is 18.3 Å². The molecule has 6 nitrogen and oxygen atoms in total. The molecule has 4 rings (SSSR count). The minimum atomic E-state index is -4.66. The van der Waals surface area contributed by atoms with Crippen LogP contribution in [0, 0.1) is 0 Å². The van der Waals surface area contributed by atoms with Crippen LogP contribution in [0.5, 0.6) is 5.75 Å². The first kappa shape index (κ1) is 20.7. The lowest BCUT2D eigenvalue weighted by Gasteiger charge is -2.39. The number of alkyl halides is 3. The quantitative estimate of drug-likeness (QED) is 0.760. The van der Waals surface area contributed by atoms with Crippen LogP contribution in [-0.2, 0) is 6.54 Å². The van der Waals surface area contributed by atoms with Crippen LogP contribution >= 0.6 is 0 Å². The molecule has 2 aliphatic rings. The minimum Gasteiger partial charge on any atom is -0.406 e. The number of halogens is 3. The average molecular weight is 421 g/mol. The molecule has 1 aromatic carbocycles. The Kier molecular flexibility index (Phi) is 6.26. The highest BCUT2D eigenvalue weighted by Gasteiger charge is 2.31. The summed E-state index contributed by atoms with van der Waals surface area (Å²) in [5, 5.41) is 3.39. The van der Waals surface area contributed by atoms with E-state index < -0.39 is 6.36 Å². The summed E-state index contributed by atoms with van der Waals surface area (Å²) in [6.45, 7) is 4.43. The minimum absolute atomic E-state index is 0.198. The van der Waals surface area contributed by atoms with Gasteiger partial charge < -0.3 is 15.0 Å². The van der Waals surface area contributed by atoms with Crippen molar-refractivity contribution in [3.63, 3.8) is 0 Å². The van der Waals surface area contributed by atoms with Crippen LogP contribution in [0.3, 0.4) is 0 Å². The van der Waals surface area contributed by atoms with Crippen molar-refractivity contribution < 1.29 is 17.9 Å². The van der Waals surface area contributed by atoms with Crippen LogP contribution in [0.25, 0.3) is 0 Å². The molecule has 162 valence electrons. The van der Waals surface area contributed by atoms with E-state index in [2.05, 4.69) is 29.8 Å². The molecule has 1 N–H and O–H groups in total. The second kappa shape index (κ2) is 9.07. The summed E-state index contributed by atoms with van der Waals surface area (Å²) in [7, 11) is 0. The standard InChI is InChI=1S/C21H26F3N5O/c22-21(23,24)30-18-7-5-16(6-8-18)13-28-14-17(15-28)26-20-25-10-9-19(27-20)29-11-3-1-2-4-12-29/h5-10,17H,1-4,11-15H2,(H,25,26,27). The zero-order valence-corrected chi connectivity index (χ0v) is 16.7. The second-order valence-electron chi connectivity index (χ2n) is 7.87. The maximum Gasteiger partial charge on any atom is 0.573 e. The third-order valence-electron chi connectivity index (χ3n) is 5.42. The van der Waals surface area contributed by atoms with Crippen molar-refractivity contribution in [3.05, 3.63) is 42.1 Å². The molecular weight excluding hydrogens is 395 g/mol. The lowest BCUT2D eigenvalue weighted by atomic mass is 10.1. The van der Waals surface area contributed by atoms with Crippen molar-refractivity contribution in [3.8, 4) is 5.75 Å². The van der Waals surface area contributed by atoms with E-state index in [-0.39, 0.29) is 11.8 Å².